The first kappa shape index (κ1) is 21.5. The number of hydrogen-bond acceptors (Lipinski definition) is 3. The van der Waals surface area contributed by atoms with Crippen LogP contribution in [-0.2, 0) is 13.2 Å². The monoisotopic (exact) mass is 442 g/mol. The molecule has 0 spiro atoms. The molecule has 0 radical (unpaired) electrons. The first-order valence-corrected chi connectivity index (χ1v) is 9.63. The van der Waals surface area contributed by atoms with Crippen LogP contribution in [0.4, 0.5) is 23.2 Å². The van der Waals surface area contributed by atoms with Gasteiger partial charge < -0.3 is 5.32 Å². The first-order valence-electron chi connectivity index (χ1n) is 9.63. The molecule has 0 saturated heterocycles. The van der Waals surface area contributed by atoms with Crippen LogP contribution in [0.25, 0.3) is 22.2 Å². The maximum absolute atomic E-state index is 14.8. The number of aromatic nitrogens is 3. The van der Waals surface area contributed by atoms with E-state index < -0.39 is 23.5 Å². The molecule has 0 aliphatic carbocycles. The van der Waals surface area contributed by atoms with Crippen molar-refractivity contribution in [2.75, 3.05) is 5.32 Å². The van der Waals surface area contributed by atoms with E-state index in [1.54, 1.807) is 33.2 Å². The molecule has 1 amide bonds. The summed E-state index contributed by atoms with van der Waals surface area (Å²) in [6.07, 6.45) is -2.90. The Morgan fingerprint density at radius 2 is 1.78 bits per heavy atom. The number of amides is 1. The molecule has 2 heterocycles. The van der Waals surface area contributed by atoms with Crippen LogP contribution in [0.2, 0.25) is 0 Å². The molecule has 0 saturated carbocycles. The number of carbonyl (C=O) groups excluding carboxylic acids is 1. The molecule has 0 unspecified atom stereocenters. The Morgan fingerprint density at radius 3 is 2.44 bits per heavy atom. The van der Waals surface area contributed by atoms with Crippen molar-refractivity contribution in [2.45, 2.75) is 20.0 Å². The second kappa shape index (κ2) is 7.74. The third kappa shape index (κ3) is 3.93. The Hall–Kier alpha value is -3.75. The van der Waals surface area contributed by atoms with Crippen molar-refractivity contribution < 1.29 is 22.4 Å². The number of hydrogen-bond donors (Lipinski definition) is 1. The molecule has 4 rings (SSSR count). The Kier molecular flexibility index (Phi) is 5.20. The molecule has 0 fully saturated rings. The van der Waals surface area contributed by atoms with E-state index >= 15 is 0 Å². The minimum atomic E-state index is -4.44. The summed E-state index contributed by atoms with van der Waals surface area (Å²) in [4.78, 5) is 16.9. The zero-order chi connectivity index (χ0) is 23.2. The van der Waals surface area contributed by atoms with Crippen LogP contribution in [0.15, 0.2) is 48.7 Å². The molecule has 164 valence electrons. The van der Waals surface area contributed by atoms with E-state index in [1.807, 2.05) is 0 Å². The minimum absolute atomic E-state index is 0.00691. The Bertz CT molecular complexity index is 1340. The van der Waals surface area contributed by atoms with Gasteiger partial charge in [0.15, 0.2) is 0 Å². The predicted molar refractivity (Wildman–Crippen MR) is 113 cm³/mol. The van der Waals surface area contributed by atoms with Crippen molar-refractivity contribution in [1.82, 2.24) is 14.8 Å². The van der Waals surface area contributed by atoms with Crippen LogP contribution < -0.4 is 5.32 Å². The van der Waals surface area contributed by atoms with Gasteiger partial charge in [0, 0.05) is 18.0 Å². The maximum Gasteiger partial charge on any atom is 0.416 e. The van der Waals surface area contributed by atoms with E-state index in [-0.39, 0.29) is 5.69 Å². The van der Waals surface area contributed by atoms with Crippen LogP contribution in [0.1, 0.15) is 27.2 Å². The lowest BCUT2D eigenvalue weighted by Gasteiger charge is -2.13. The van der Waals surface area contributed by atoms with Gasteiger partial charge in [0.1, 0.15) is 11.5 Å². The summed E-state index contributed by atoms with van der Waals surface area (Å²) < 4.78 is 55.0. The number of anilines is 1. The number of carbonyl (C=O) groups is 1. The van der Waals surface area contributed by atoms with Crippen molar-refractivity contribution in [3.05, 3.63) is 76.9 Å². The van der Waals surface area contributed by atoms with E-state index in [9.17, 15) is 22.4 Å². The molecular weight excluding hydrogens is 424 g/mol. The van der Waals surface area contributed by atoms with Crippen LogP contribution in [0, 0.1) is 19.7 Å². The summed E-state index contributed by atoms with van der Waals surface area (Å²) in [6.45, 7) is 3.47. The van der Waals surface area contributed by atoms with Gasteiger partial charge in [0.05, 0.1) is 28.7 Å². The van der Waals surface area contributed by atoms with Crippen molar-refractivity contribution in [3.63, 3.8) is 0 Å². The van der Waals surface area contributed by atoms with Gasteiger partial charge >= 0.3 is 6.18 Å². The number of alkyl halides is 3. The second-order valence-electron chi connectivity index (χ2n) is 7.50. The van der Waals surface area contributed by atoms with Crippen LogP contribution in [0.3, 0.4) is 0 Å². The molecule has 4 aromatic rings. The van der Waals surface area contributed by atoms with Crippen molar-refractivity contribution in [2.24, 2.45) is 7.05 Å². The lowest BCUT2D eigenvalue weighted by atomic mass is 10.0. The quantitative estimate of drug-likeness (QED) is 0.417. The highest BCUT2D eigenvalue weighted by Crippen LogP contribution is 2.33. The SMILES string of the molecule is Cc1cc(NC(=O)c2c(C)cnn2C)c(F)cc1-c1ccc2cc(C(F)(F)F)ccc2n1. The standard InChI is InChI=1S/C23H18F4N4O/c1-12-8-20(30-22(32)21-13(2)11-28-31(21)3)17(24)10-16(12)19-6-4-14-9-15(23(25,26)27)5-7-18(14)29-19/h4-11H,1-3H3,(H,30,32). The van der Waals surface area contributed by atoms with Gasteiger partial charge in [0.25, 0.3) is 5.91 Å². The molecule has 0 bridgehead atoms. The number of nitrogens with zero attached hydrogens (tertiary/aromatic N) is 3. The average molecular weight is 442 g/mol. The Morgan fingerprint density at radius 1 is 1.03 bits per heavy atom. The molecule has 0 atom stereocenters. The highest BCUT2D eigenvalue weighted by molar-refractivity contribution is 6.04. The molecule has 0 aliphatic rings. The molecule has 9 heteroatoms. The lowest BCUT2D eigenvalue weighted by Crippen LogP contribution is -2.18. The number of benzene rings is 2. The fourth-order valence-electron chi connectivity index (χ4n) is 3.56. The van der Waals surface area contributed by atoms with Crippen LogP contribution in [0.5, 0.6) is 0 Å². The van der Waals surface area contributed by atoms with E-state index in [0.29, 0.717) is 39.0 Å². The minimum Gasteiger partial charge on any atom is -0.318 e. The van der Waals surface area contributed by atoms with Crippen LogP contribution >= 0.6 is 0 Å². The van der Waals surface area contributed by atoms with Gasteiger partial charge in [-0.2, -0.15) is 18.3 Å². The number of rotatable bonds is 3. The molecule has 2 aromatic carbocycles. The number of pyridine rings is 1. The number of aryl methyl sites for hydroxylation is 3. The summed E-state index contributed by atoms with van der Waals surface area (Å²) in [5.41, 5.74) is 2.11. The molecule has 5 nitrogen and oxygen atoms in total. The smallest absolute Gasteiger partial charge is 0.318 e. The highest BCUT2D eigenvalue weighted by Gasteiger charge is 2.30. The molecule has 1 N–H and O–H groups in total. The normalized spacial score (nSPS) is 11.7. The molecule has 0 aliphatic heterocycles. The zero-order valence-electron chi connectivity index (χ0n) is 17.4. The molecule has 32 heavy (non-hydrogen) atoms. The fraction of sp³-hybridized carbons (Fsp3) is 0.174. The highest BCUT2D eigenvalue weighted by atomic mass is 19.4. The van der Waals surface area contributed by atoms with Gasteiger partial charge in [-0.05, 0) is 61.4 Å². The third-order valence-electron chi connectivity index (χ3n) is 5.19. The maximum atomic E-state index is 14.8. The first-order chi connectivity index (χ1) is 15.0. The third-order valence-corrected chi connectivity index (χ3v) is 5.19. The topological polar surface area (TPSA) is 59.8 Å². The van der Waals surface area contributed by atoms with Crippen molar-refractivity contribution in [3.8, 4) is 11.3 Å². The molecular formula is C23H18F4N4O. The Labute approximate surface area is 180 Å². The Balaban J connectivity index is 1.67. The van der Waals surface area contributed by atoms with E-state index in [0.717, 1.165) is 12.1 Å². The average Bonchev–Trinajstić information content (AvgIpc) is 3.07. The van der Waals surface area contributed by atoms with E-state index in [4.69, 9.17) is 0 Å². The largest absolute Gasteiger partial charge is 0.416 e. The zero-order valence-corrected chi connectivity index (χ0v) is 17.4. The predicted octanol–water partition coefficient (Wildman–Crippen LogP) is 5.66. The van der Waals surface area contributed by atoms with Gasteiger partial charge in [-0.1, -0.05) is 6.07 Å². The summed E-state index contributed by atoms with van der Waals surface area (Å²) in [5, 5.41) is 6.90. The molecule has 2 aromatic heterocycles. The van der Waals surface area contributed by atoms with Gasteiger partial charge in [-0.3, -0.25) is 9.48 Å². The van der Waals surface area contributed by atoms with Crippen LogP contribution in [-0.4, -0.2) is 20.7 Å². The van der Waals surface area contributed by atoms with Gasteiger partial charge in [-0.15, -0.1) is 0 Å². The van der Waals surface area contributed by atoms with E-state index in [2.05, 4.69) is 15.4 Å². The van der Waals surface area contributed by atoms with E-state index in [1.165, 1.54) is 28.9 Å². The van der Waals surface area contributed by atoms with Crippen molar-refractivity contribution in [1.29, 1.82) is 0 Å². The summed E-state index contributed by atoms with van der Waals surface area (Å²) in [6, 6.07) is 9.08. The number of fused-ring (bicyclic) bond motifs is 1. The van der Waals surface area contributed by atoms with Crippen molar-refractivity contribution >= 4 is 22.5 Å². The number of nitrogens with one attached hydrogen (secondary N) is 1. The summed E-state index contributed by atoms with van der Waals surface area (Å²) in [7, 11) is 1.62. The van der Waals surface area contributed by atoms with Gasteiger partial charge in [-0.25, -0.2) is 9.37 Å². The summed E-state index contributed by atoms with van der Waals surface area (Å²) in [5.74, 6) is -1.15. The lowest BCUT2D eigenvalue weighted by molar-refractivity contribution is -0.137. The fourth-order valence-corrected chi connectivity index (χ4v) is 3.56. The summed E-state index contributed by atoms with van der Waals surface area (Å²) >= 11 is 0. The number of halogens is 4. The van der Waals surface area contributed by atoms with Gasteiger partial charge in [0.2, 0.25) is 0 Å². The second-order valence-corrected chi connectivity index (χ2v) is 7.50.